The van der Waals surface area contributed by atoms with Gasteiger partial charge in [0.05, 0.1) is 12.2 Å². The smallest absolute Gasteiger partial charge is 0.361 e. The first-order valence-corrected chi connectivity index (χ1v) is 6.28. The van der Waals surface area contributed by atoms with Gasteiger partial charge in [-0.1, -0.05) is 6.07 Å². The third-order valence-corrected chi connectivity index (χ3v) is 3.14. The fraction of sp³-hybridized carbons (Fsp3) is 0.182. The van der Waals surface area contributed by atoms with Crippen molar-refractivity contribution >= 4 is 28.6 Å². The average Bonchev–Trinajstić information content (AvgIpc) is 2.78. The second kappa shape index (κ2) is 5.34. The third kappa shape index (κ3) is 2.30. The van der Waals surface area contributed by atoms with Gasteiger partial charge in [-0.2, -0.15) is 10.3 Å². The molecule has 0 spiro atoms. The summed E-state index contributed by atoms with van der Waals surface area (Å²) in [6.45, 7) is 1.96. The fourth-order valence-electron chi connectivity index (χ4n) is 1.49. The number of benzene rings is 1. The van der Waals surface area contributed by atoms with Crippen LogP contribution in [0.3, 0.4) is 0 Å². The van der Waals surface area contributed by atoms with Crippen LogP contribution in [0.1, 0.15) is 17.4 Å². The van der Waals surface area contributed by atoms with Gasteiger partial charge in [0, 0.05) is 3.57 Å². The molecule has 1 aromatic heterocycles. The Labute approximate surface area is 116 Å². The number of rotatable bonds is 3. The number of phenolic OH excluding ortho intramolecular Hbond substituents is 1. The molecule has 0 unspecified atom stereocenters. The summed E-state index contributed by atoms with van der Waals surface area (Å²) < 4.78 is 5.65. The molecular formula is C11H10IN3O3. The molecule has 18 heavy (non-hydrogen) atoms. The number of hydrogen-bond acceptors (Lipinski definition) is 5. The number of carbonyl (C=O) groups excluding carboxylic acids is 1. The molecule has 0 atom stereocenters. The number of nitrogens with zero attached hydrogens (tertiary/aromatic N) is 2. The van der Waals surface area contributed by atoms with Crippen LogP contribution in [0, 0.1) is 3.57 Å². The van der Waals surface area contributed by atoms with Crippen LogP contribution in [-0.4, -0.2) is 33.1 Å². The molecule has 0 aliphatic rings. The van der Waals surface area contributed by atoms with Crippen molar-refractivity contribution in [1.82, 2.24) is 15.4 Å². The predicted molar refractivity (Wildman–Crippen MR) is 72.2 cm³/mol. The van der Waals surface area contributed by atoms with Crippen molar-refractivity contribution in [3.63, 3.8) is 0 Å². The van der Waals surface area contributed by atoms with E-state index in [0.29, 0.717) is 5.56 Å². The van der Waals surface area contributed by atoms with Crippen molar-refractivity contribution in [1.29, 1.82) is 0 Å². The number of aromatic nitrogens is 3. The van der Waals surface area contributed by atoms with Crippen LogP contribution in [0.25, 0.3) is 11.3 Å². The van der Waals surface area contributed by atoms with Crippen LogP contribution < -0.4 is 0 Å². The Kier molecular flexibility index (Phi) is 3.80. The standard InChI is InChI=1S/C11H10IN3O3/c1-2-18-11(17)10-9(13-15-14-10)8-6(12)4-3-5-7(8)16/h3-5,16H,2H2,1H3,(H,13,14,15). The first-order valence-electron chi connectivity index (χ1n) is 5.21. The maximum absolute atomic E-state index is 11.7. The van der Waals surface area contributed by atoms with Gasteiger partial charge in [0.15, 0.2) is 5.69 Å². The Balaban J connectivity index is 2.52. The van der Waals surface area contributed by atoms with Gasteiger partial charge in [0.25, 0.3) is 0 Å². The van der Waals surface area contributed by atoms with E-state index in [9.17, 15) is 9.90 Å². The second-order valence-corrected chi connectivity index (χ2v) is 4.54. The van der Waals surface area contributed by atoms with Crippen molar-refractivity contribution in [3.05, 3.63) is 27.5 Å². The highest BCUT2D eigenvalue weighted by atomic mass is 127. The molecule has 2 rings (SSSR count). The lowest BCUT2D eigenvalue weighted by Gasteiger charge is -2.05. The summed E-state index contributed by atoms with van der Waals surface area (Å²) in [5.41, 5.74) is 0.821. The van der Waals surface area contributed by atoms with E-state index in [1.807, 2.05) is 0 Å². The number of halogens is 1. The normalized spacial score (nSPS) is 10.3. The van der Waals surface area contributed by atoms with Gasteiger partial charge in [-0.3, -0.25) is 0 Å². The van der Waals surface area contributed by atoms with Gasteiger partial charge in [0.2, 0.25) is 0 Å². The first kappa shape index (κ1) is 12.8. The molecule has 6 nitrogen and oxygen atoms in total. The monoisotopic (exact) mass is 359 g/mol. The van der Waals surface area contributed by atoms with E-state index in [4.69, 9.17) is 4.74 Å². The minimum atomic E-state index is -0.569. The number of carbonyl (C=O) groups is 1. The van der Waals surface area contributed by atoms with E-state index in [1.165, 1.54) is 6.07 Å². The van der Waals surface area contributed by atoms with Crippen LogP contribution in [0.4, 0.5) is 0 Å². The SMILES string of the molecule is CCOC(=O)c1n[nH]nc1-c1c(O)cccc1I. The number of nitrogens with one attached hydrogen (secondary N) is 1. The van der Waals surface area contributed by atoms with Crippen LogP contribution in [0.2, 0.25) is 0 Å². The summed E-state index contributed by atoms with van der Waals surface area (Å²) in [6, 6.07) is 5.05. The lowest BCUT2D eigenvalue weighted by atomic mass is 10.1. The maximum Gasteiger partial charge on any atom is 0.361 e. The van der Waals surface area contributed by atoms with Crippen LogP contribution >= 0.6 is 22.6 Å². The molecule has 0 saturated heterocycles. The molecule has 0 saturated carbocycles. The number of hydrogen-bond donors (Lipinski definition) is 2. The third-order valence-electron chi connectivity index (χ3n) is 2.25. The van der Waals surface area contributed by atoms with Gasteiger partial charge in [-0.25, -0.2) is 4.79 Å². The first-order chi connectivity index (χ1) is 8.65. The minimum absolute atomic E-state index is 0.0429. The number of ether oxygens (including phenoxy) is 1. The van der Waals surface area contributed by atoms with Gasteiger partial charge >= 0.3 is 5.97 Å². The summed E-state index contributed by atoms with van der Waals surface area (Å²) in [5.74, 6) is -0.526. The van der Waals surface area contributed by atoms with E-state index in [-0.39, 0.29) is 23.7 Å². The second-order valence-electron chi connectivity index (χ2n) is 3.38. The van der Waals surface area contributed by atoms with Crippen molar-refractivity contribution in [3.8, 4) is 17.0 Å². The Morgan fingerprint density at radius 3 is 2.94 bits per heavy atom. The molecule has 94 valence electrons. The topological polar surface area (TPSA) is 88.1 Å². The Hall–Kier alpha value is -1.64. The van der Waals surface area contributed by atoms with Gasteiger partial charge in [-0.15, -0.1) is 5.10 Å². The molecule has 0 amide bonds. The van der Waals surface area contributed by atoms with Gasteiger partial charge < -0.3 is 9.84 Å². The van der Waals surface area contributed by atoms with Gasteiger partial charge in [-0.05, 0) is 41.6 Å². The summed E-state index contributed by atoms with van der Waals surface area (Å²) in [7, 11) is 0. The molecule has 0 bridgehead atoms. The van der Waals surface area contributed by atoms with E-state index in [1.54, 1.807) is 19.1 Å². The molecule has 0 aliphatic heterocycles. The highest BCUT2D eigenvalue weighted by Gasteiger charge is 2.22. The molecule has 1 aromatic carbocycles. The van der Waals surface area contributed by atoms with Gasteiger partial charge in [0.1, 0.15) is 11.4 Å². The Bertz CT molecular complexity index is 562. The van der Waals surface area contributed by atoms with E-state index in [0.717, 1.165) is 3.57 Å². The molecule has 1 heterocycles. The zero-order valence-electron chi connectivity index (χ0n) is 9.48. The van der Waals surface area contributed by atoms with Crippen molar-refractivity contribution in [2.45, 2.75) is 6.92 Å². The zero-order valence-corrected chi connectivity index (χ0v) is 11.6. The quantitative estimate of drug-likeness (QED) is 0.646. The number of aromatic amines is 1. The average molecular weight is 359 g/mol. The minimum Gasteiger partial charge on any atom is -0.507 e. The Morgan fingerprint density at radius 1 is 1.50 bits per heavy atom. The van der Waals surface area contributed by atoms with Crippen molar-refractivity contribution < 1.29 is 14.6 Å². The summed E-state index contributed by atoms with van der Waals surface area (Å²) in [5, 5.41) is 19.9. The van der Waals surface area contributed by atoms with Crippen molar-refractivity contribution in [2.24, 2.45) is 0 Å². The predicted octanol–water partition coefficient (Wildman–Crippen LogP) is 1.96. The number of H-pyrrole nitrogens is 1. The lowest BCUT2D eigenvalue weighted by molar-refractivity contribution is 0.0520. The van der Waals surface area contributed by atoms with E-state index < -0.39 is 5.97 Å². The Morgan fingerprint density at radius 2 is 2.28 bits per heavy atom. The summed E-state index contributed by atoms with van der Waals surface area (Å²) in [4.78, 5) is 11.7. The van der Waals surface area contributed by atoms with Crippen LogP contribution in [-0.2, 0) is 4.74 Å². The highest BCUT2D eigenvalue weighted by Crippen LogP contribution is 2.33. The number of aromatic hydroxyl groups is 1. The molecule has 2 N–H and O–H groups in total. The maximum atomic E-state index is 11.7. The summed E-state index contributed by atoms with van der Waals surface area (Å²) >= 11 is 2.05. The molecule has 0 aliphatic carbocycles. The van der Waals surface area contributed by atoms with E-state index >= 15 is 0 Å². The number of phenols is 1. The molecule has 0 fully saturated rings. The van der Waals surface area contributed by atoms with Crippen LogP contribution in [0.15, 0.2) is 18.2 Å². The highest BCUT2D eigenvalue weighted by molar-refractivity contribution is 14.1. The number of esters is 1. The molecular weight excluding hydrogens is 349 g/mol. The lowest BCUT2D eigenvalue weighted by Crippen LogP contribution is -2.07. The molecule has 2 aromatic rings. The fourth-order valence-corrected chi connectivity index (χ4v) is 2.23. The summed E-state index contributed by atoms with van der Waals surface area (Å²) in [6.07, 6.45) is 0. The van der Waals surface area contributed by atoms with E-state index in [2.05, 4.69) is 38.0 Å². The molecule has 0 radical (unpaired) electrons. The van der Waals surface area contributed by atoms with Crippen LogP contribution in [0.5, 0.6) is 5.75 Å². The molecule has 7 heteroatoms. The van der Waals surface area contributed by atoms with Crippen molar-refractivity contribution in [2.75, 3.05) is 6.61 Å². The zero-order chi connectivity index (χ0) is 13.1. The largest absolute Gasteiger partial charge is 0.507 e.